The Morgan fingerprint density at radius 1 is 1.03 bits per heavy atom. The highest BCUT2D eigenvalue weighted by atomic mass is 32.1. The van der Waals surface area contributed by atoms with Crippen LogP contribution in [0.4, 0.5) is 0 Å². The van der Waals surface area contributed by atoms with Crippen LogP contribution in [0.2, 0.25) is 0 Å². The van der Waals surface area contributed by atoms with E-state index in [2.05, 4.69) is 23.9 Å². The number of benzene rings is 2. The van der Waals surface area contributed by atoms with Gasteiger partial charge in [-0.3, -0.25) is 9.59 Å². The largest absolute Gasteiger partial charge is 0.494 e. The molecule has 0 amide bonds. The first-order valence-corrected chi connectivity index (χ1v) is 13.2. The van der Waals surface area contributed by atoms with Gasteiger partial charge in [0.05, 0.1) is 24.9 Å². The van der Waals surface area contributed by atoms with Crippen LogP contribution < -0.4 is 29.9 Å². The number of methoxy groups -OCH3 is 1. The average Bonchev–Trinajstić information content (AvgIpc) is 3.18. The van der Waals surface area contributed by atoms with Gasteiger partial charge in [0.15, 0.2) is 11.5 Å². The van der Waals surface area contributed by atoms with Crippen molar-refractivity contribution in [3.63, 3.8) is 0 Å². The lowest BCUT2D eigenvalue weighted by Crippen LogP contribution is -2.28. The second-order valence-electron chi connectivity index (χ2n) is 9.08. The van der Waals surface area contributed by atoms with Gasteiger partial charge in [0.25, 0.3) is 11.1 Å². The Labute approximate surface area is 219 Å². The Hall–Kier alpha value is -3.72. The molecule has 0 spiro atoms. The number of aromatic nitrogens is 3. The van der Waals surface area contributed by atoms with Crippen molar-refractivity contribution in [3.05, 3.63) is 84.5 Å². The standard InChI is InChI=1S/C28H31N3O5S/c1-5-13-35-21-9-6-19(7-10-21)15-22-26(32)29-28-31(30-22)27(33)25(37-28)17-20-8-11-23(24(16-20)34-4)36-14-12-18(2)3/h6-11,16-18H,5,12-15H2,1-4H3. The zero-order chi connectivity index (χ0) is 26.4. The maximum Gasteiger partial charge on any atom is 0.296 e. The molecule has 2 aromatic heterocycles. The summed E-state index contributed by atoms with van der Waals surface area (Å²) in [5, 5.41) is 4.34. The molecule has 0 unspecified atom stereocenters. The summed E-state index contributed by atoms with van der Waals surface area (Å²) in [6.07, 6.45) is 3.88. The average molecular weight is 522 g/mol. The van der Waals surface area contributed by atoms with Crippen LogP contribution in [0.1, 0.15) is 50.4 Å². The molecule has 37 heavy (non-hydrogen) atoms. The second-order valence-corrected chi connectivity index (χ2v) is 10.1. The lowest BCUT2D eigenvalue weighted by atomic mass is 10.1. The van der Waals surface area contributed by atoms with Crippen molar-refractivity contribution < 1.29 is 14.2 Å². The molecule has 0 saturated carbocycles. The summed E-state index contributed by atoms with van der Waals surface area (Å²) in [4.78, 5) is 30.1. The van der Waals surface area contributed by atoms with E-state index < -0.39 is 5.56 Å². The van der Waals surface area contributed by atoms with Crippen molar-refractivity contribution in [1.82, 2.24) is 14.6 Å². The van der Waals surface area contributed by atoms with Gasteiger partial charge in [-0.25, -0.2) is 0 Å². The van der Waals surface area contributed by atoms with Crippen LogP contribution in [0.3, 0.4) is 0 Å². The van der Waals surface area contributed by atoms with E-state index in [0.29, 0.717) is 35.2 Å². The van der Waals surface area contributed by atoms with Gasteiger partial charge in [-0.2, -0.15) is 14.6 Å². The molecule has 194 valence electrons. The molecule has 0 aliphatic rings. The van der Waals surface area contributed by atoms with Crippen LogP contribution in [0, 0.1) is 5.92 Å². The second kappa shape index (κ2) is 12.0. The number of rotatable bonds is 11. The summed E-state index contributed by atoms with van der Waals surface area (Å²) in [5.41, 5.74) is 1.10. The monoisotopic (exact) mass is 521 g/mol. The molecule has 0 saturated heterocycles. The first kappa shape index (κ1) is 26.3. The minimum absolute atomic E-state index is 0.214. The van der Waals surface area contributed by atoms with E-state index in [0.717, 1.165) is 41.1 Å². The zero-order valence-corrected chi connectivity index (χ0v) is 22.3. The van der Waals surface area contributed by atoms with Gasteiger partial charge in [-0.1, -0.05) is 50.3 Å². The molecule has 8 nitrogen and oxygen atoms in total. The van der Waals surface area contributed by atoms with Crippen molar-refractivity contribution in [2.24, 2.45) is 5.92 Å². The Bertz CT molecular complexity index is 1530. The molecule has 4 rings (SSSR count). The molecule has 4 aromatic rings. The quantitative estimate of drug-likeness (QED) is 0.296. The lowest BCUT2D eigenvalue weighted by Gasteiger charge is -2.12. The number of thiazole rings is 1. The number of hydrogen-bond donors (Lipinski definition) is 0. The molecule has 0 aliphatic heterocycles. The fourth-order valence-electron chi connectivity index (χ4n) is 3.62. The van der Waals surface area contributed by atoms with Gasteiger partial charge in [-0.05, 0) is 60.2 Å². The summed E-state index contributed by atoms with van der Waals surface area (Å²) < 4.78 is 18.6. The molecule has 0 radical (unpaired) electrons. The highest BCUT2D eigenvalue weighted by Gasteiger charge is 2.13. The summed E-state index contributed by atoms with van der Waals surface area (Å²) in [5.74, 6) is 2.56. The van der Waals surface area contributed by atoms with Crippen molar-refractivity contribution in [2.45, 2.75) is 40.0 Å². The van der Waals surface area contributed by atoms with E-state index in [1.165, 1.54) is 4.52 Å². The molecule has 0 bridgehead atoms. The van der Waals surface area contributed by atoms with E-state index in [4.69, 9.17) is 14.2 Å². The SMILES string of the molecule is CCCOc1ccc(Cc2nn3c(=O)c(=Cc4ccc(OCCC(C)C)c(OC)c4)sc3nc2=O)cc1. The maximum absolute atomic E-state index is 13.1. The predicted molar refractivity (Wildman–Crippen MR) is 145 cm³/mol. The van der Waals surface area contributed by atoms with Gasteiger partial charge in [0, 0.05) is 6.42 Å². The third-order valence-corrected chi connectivity index (χ3v) is 6.62. The first-order valence-electron chi connectivity index (χ1n) is 12.3. The topological polar surface area (TPSA) is 92.0 Å². The van der Waals surface area contributed by atoms with Crippen LogP contribution in [0.15, 0.2) is 52.1 Å². The summed E-state index contributed by atoms with van der Waals surface area (Å²) in [6.45, 7) is 7.58. The van der Waals surface area contributed by atoms with Gasteiger partial charge in [-0.15, -0.1) is 0 Å². The summed E-state index contributed by atoms with van der Waals surface area (Å²) >= 11 is 1.12. The van der Waals surface area contributed by atoms with E-state index in [9.17, 15) is 9.59 Å². The third kappa shape index (κ3) is 6.54. The molecular formula is C28H31N3O5S. The van der Waals surface area contributed by atoms with Crippen LogP contribution in [0.25, 0.3) is 11.0 Å². The Kier molecular flexibility index (Phi) is 8.55. The maximum atomic E-state index is 13.1. The zero-order valence-electron chi connectivity index (χ0n) is 21.5. The first-order chi connectivity index (χ1) is 17.9. The smallest absolute Gasteiger partial charge is 0.296 e. The molecule has 2 aromatic carbocycles. The van der Waals surface area contributed by atoms with Crippen molar-refractivity contribution in [3.8, 4) is 17.2 Å². The van der Waals surface area contributed by atoms with Gasteiger partial charge in [0.2, 0.25) is 4.96 Å². The molecule has 0 atom stereocenters. The van der Waals surface area contributed by atoms with Crippen LogP contribution >= 0.6 is 11.3 Å². The number of ether oxygens (including phenoxy) is 3. The van der Waals surface area contributed by atoms with Crippen molar-refractivity contribution in [1.29, 1.82) is 0 Å². The number of fused-ring (bicyclic) bond motifs is 1. The molecule has 0 aliphatic carbocycles. The molecule has 2 heterocycles. The minimum atomic E-state index is -0.441. The fourth-order valence-corrected chi connectivity index (χ4v) is 4.52. The highest BCUT2D eigenvalue weighted by molar-refractivity contribution is 7.15. The Morgan fingerprint density at radius 2 is 1.81 bits per heavy atom. The lowest BCUT2D eigenvalue weighted by molar-refractivity contribution is 0.273. The van der Waals surface area contributed by atoms with E-state index in [1.54, 1.807) is 13.2 Å². The highest BCUT2D eigenvalue weighted by Crippen LogP contribution is 2.28. The molecular weight excluding hydrogens is 490 g/mol. The predicted octanol–water partition coefficient (Wildman–Crippen LogP) is 3.87. The van der Waals surface area contributed by atoms with Gasteiger partial charge < -0.3 is 14.2 Å². The van der Waals surface area contributed by atoms with E-state index >= 15 is 0 Å². The van der Waals surface area contributed by atoms with Gasteiger partial charge in [0.1, 0.15) is 11.4 Å². The van der Waals surface area contributed by atoms with Crippen molar-refractivity contribution >= 4 is 22.4 Å². The summed E-state index contributed by atoms with van der Waals surface area (Å²) in [7, 11) is 1.58. The van der Waals surface area contributed by atoms with Gasteiger partial charge >= 0.3 is 0 Å². The van der Waals surface area contributed by atoms with E-state index in [1.807, 2.05) is 49.4 Å². The molecule has 0 N–H and O–H groups in total. The number of nitrogens with zero attached hydrogens (tertiary/aromatic N) is 3. The third-order valence-electron chi connectivity index (χ3n) is 5.66. The van der Waals surface area contributed by atoms with Crippen LogP contribution in [0.5, 0.6) is 17.2 Å². The van der Waals surface area contributed by atoms with Crippen molar-refractivity contribution in [2.75, 3.05) is 20.3 Å². The summed E-state index contributed by atoms with van der Waals surface area (Å²) in [6, 6.07) is 13.0. The molecule has 9 heteroatoms. The Morgan fingerprint density at radius 3 is 2.51 bits per heavy atom. The Balaban J connectivity index is 1.60. The fraction of sp³-hybridized carbons (Fsp3) is 0.357. The molecule has 0 fully saturated rings. The van der Waals surface area contributed by atoms with E-state index in [-0.39, 0.29) is 22.6 Å². The number of hydrogen-bond acceptors (Lipinski definition) is 8. The van der Waals surface area contributed by atoms with Crippen LogP contribution in [-0.2, 0) is 6.42 Å². The minimum Gasteiger partial charge on any atom is -0.494 e. The normalized spacial score (nSPS) is 11.9. The van der Waals surface area contributed by atoms with Crippen LogP contribution in [-0.4, -0.2) is 34.9 Å².